The van der Waals surface area contributed by atoms with Gasteiger partial charge in [-0.3, -0.25) is 9.89 Å². The lowest BCUT2D eigenvalue weighted by atomic mass is 10.0. The van der Waals surface area contributed by atoms with Gasteiger partial charge in [0, 0.05) is 45.3 Å². The molecule has 2 rings (SSSR count). The van der Waals surface area contributed by atoms with Crippen molar-refractivity contribution in [2.45, 2.75) is 58.4 Å². The van der Waals surface area contributed by atoms with Crippen LogP contribution in [-0.2, 0) is 0 Å². The van der Waals surface area contributed by atoms with E-state index in [9.17, 15) is 0 Å². The van der Waals surface area contributed by atoms with E-state index in [0.717, 1.165) is 31.5 Å². The lowest BCUT2D eigenvalue weighted by Gasteiger charge is -2.35. The zero-order valence-corrected chi connectivity index (χ0v) is 18.9. The molecule has 148 valence electrons. The van der Waals surface area contributed by atoms with Crippen LogP contribution in [0.15, 0.2) is 4.99 Å². The molecular formula is C19H40IN5. The number of halogens is 1. The zero-order valence-electron chi connectivity index (χ0n) is 16.6. The summed E-state index contributed by atoms with van der Waals surface area (Å²) in [7, 11) is 2.21. The standard InChI is InChI=1S/C19H39N5.HI/c1-4-20-19(21-11-7-10-18-8-5-6-9-18)22-16-17(2)24-14-12-23(3)13-15-24;/h17-18H,4-16H2,1-3H3,(H2,20,21,22);1H. The maximum Gasteiger partial charge on any atom is 0.191 e. The van der Waals surface area contributed by atoms with Crippen LogP contribution in [0.2, 0.25) is 0 Å². The molecule has 1 atom stereocenters. The van der Waals surface area contributed by atoms with Crippen molar-refractivity contribution in [2.24, 2.45) is 10.9 Å². The number of nitrogens with one attached hydrogen (secondary N) is 2. The third-order valence-corrected chi connectivity index (χ3v) is 5.58. The number of aliphatic imine (C=N–C) groups is 1. The molecular weight excluding hydrogens is 425 g/mol. The predicted octanol–water partition coefficient (Wildman–Crippen LogP) is 2.77. The van der Waals surface area contributed by atoms with Crippen LogP contribution in [0.1, 0.15) is 52.4 Å². The molecule has 2 aliphatic rings. The summed E-state index contributed by atoms with van der Waals surface area (Å²) in [5.74, 6) is 1.98. The molecule has 0 radical (unpaired) electrons. The Balaban J connectivity index is 0.00000312. The second-order valence-electron chi connectivity index (χ2n) is 7.63. The van der Waals surface area contributed by atoms with Gasteiger partial charge in [0.1, 0.15) is 0 Å². The summed E-state index contributed by atoms with van der Waals surface area (Å²) in [5.41, 5.74) is 0. The highest BCUT2D eigenvalue weighted by molar-refractivity contribution is 14.0. The fraction of sp³-hybridized carbons (Fsp3) is 0.947. The van der Waals surface area contributed by atoms with E-state index in [-0.39, 0.29) is 24.0 Å². The van der Waals surface area contributed by atoms with Crippen molar-refractivity contribution in [1.82, 2.24) is 20.4 Å². The molecule has 0 amide bonds. The summed E-state index contributed by atoms with van der Waals surface area (Å²) in [6, 6.07) is 0.521. The Hall–Kier alpha value is -0.0800. The maximum absolute atomic E-state index is 4.82. The molecule has 5 nitrogen and oxygen atoms in total. The molecule has 1 heterocycles. The van der Waals surface area contributed by atoms with Crippen molar-refractivity contribution in [1.29, 1.82) is 0 Å². The third-order valence-electron chi connectivity index (χ3n) is 5.58. The fourth-order valence-electron chi connectivity index (χ4n) is 3.84. The number of guanidine groups is 1. The van der Waals surface area contributed by atoms with Gasteiger partial charge in [-0.25, -0.2) is 0 Å². The van der Waals surface area contributed by atoms with Gasteiger partial charge in [0.05, 0.1) is 6.54 Å². The van der Waals surface area contributed by atoms with Crippen molar-refractivity contribution in [3.8, 4) is 0 Å². The normalized spacial score (nSPS) is 21.8. The van der Waals surface area contributed by atoms with E-state index in [1.165, 1.54) is 64.7 Å². The molecule has 0 aromatic rings. The van der Waals surface area contributed by atoms with Crippen LogP contribution in [0.25, 0.3) is 0 Å². The smallest absolute Gasteiger partial charge is 0.191 e. The first-order valence-electron chi connectivity index (χ1n) is 10.1. The molecule has 6 heteroatoms. The molecule has 0 bridgehead atoms. The Morgan fingerprint density at radius 3 is 2.44 bits per heavy atom. The fourth-order valence-corrected chi connectivity index (χ4v) is 3.84. The number of hydrogen-bond acceptors (Lipinski definition) is 3. The Bertz CT molecular complexity index is 363. The van der Waals surface area contributed by atoms with E-state index >= 15 is 0 Å². The minimum Gasteiger partial charge on any atom is -0.357 e. The third kappa shape index (κ3) is 8.91. The summed E-state index contributed by atoms with van der Waals surface area (Å²) in [6.45, 7) is 12.0. The number of hydrogen-bond donors (Lipinski definition) is 2. The predicted molar refractivity (Wildman–Crippen MR) is 119 cm³/mol. The van der Waals surface area contributed by atoms with E-state index in [2.05, 4.69) is 41.3 Å². The molecule has 0 aromatic heterocycles. The van der Waals surface area contributed by atoms with Crippen molar-refractivity contribution in [3.63, 3.8) is 0 Å². The van der Waals surface area contributed by atoms with Gasteiger partial charge in [0.25, 0.3) is 0 Å². The molecule has 0 spiro atoms. The summed E-state index contributed by atoms with van der Waals surface area (Å²) in [5, 5.41) is 6.91. The molecule has 25 heavy (non-hydrogen) atoms. The average Bonchev–Trinajstić information content (AvgIpc) is 3.10. The van der Waals surface area contributed by atoms with Crippen LogP contribution in [0, 0.1) is 5.92 Å². The van der Waals surface area contributed by atoms with Gasteiger partial charge in [-0.15, -0.1) is 24.0 Å². The summed E-state index contributed by atoms with van der Waals surface area (Å²) < 4.78 is 0. The quantitative estimate of drug-likeness (QED) is 0.251. The lowest BCUT2D eigenvalue weighted by Crippen LogP contribution is -2.49. The highest BCUT2D eigenvalue weighted by Gasteiger charge is 2.18. The van der Waals surface area contributed by atoms with Crippen LogP contribution < -0.4 is 10.6 Å². The summed E-state index contributed by atoms with van der Waals surface area (Å²) in [6.07, 6.45) is 8.46. The van der Waals surface area contributed by atoms with Crippen LogP contribution in [0.5, 0.6) is 0 Å². The van der Waals surface area contributed by atoms with Gasteiger partial charge in [0.2, 0.25) is 0 Å². The largest absolute Gasteiger partial charge is 0.357 e. The molecule has 2 fully saturated rings. The van der Waals surface area contributed by atoms with E-state index in [1.54, 1.807) is 0 Å². The van der Waals surface area contributed by atoms with Crippen molar-refractivity contribution >= 4 is 29.9 Å². The first-order valence-corrected chi connectivity index (χ1v) is 10.1. The number of piperazine rings is 1. The minimum absolute atomic E-state index is 0. The highest BCUT2D eigenvalue weighted by atomic mass is 127. The maximum atomic E-state index is 4.82. The molecule has 1 aliphatic heterocycles. The van der Waals surface area contributed by atoms with Crippen molar-refractivity contribution < 1.29 is 0 Å². The van der Waals surface area contributed by atoms with E-state index < -0.39 is 0 Å². The molecule has 0 aromatic carbocycles. The number of likely N-dealkylation sites (N-methyl/N-ethyl adjacent to an activating group) is 1. The van der Waals surface area contributed by atoms with Gasteiger partial charge >= 0.3 is 0 Å². The molecule has 1 aliphatic carbocycles. The Morgan fingerprint density at radius 1 is 1.12 bits per heavy atom. The second kappa shape index (κ2) is 13.1. The van der Waals surface area contributed by atoms with Crippen LogP contribution in [-0.4, -0.2) is 74.7 Å². The average molecular weight is 465 g/mol. The van der Waals surface area contributed by atoms with Crippen molar-refractivity contribution in [2.75, 3.05) is 52.9 Å². The molecule has 1 saturated carbocycles. The van der Waals surface area contributed by atoms with Gasteiger partial charge in [-0.2, -0.15) is 0 Å². The minimum atomic E-state index is 0. The van der Waals surface area contributed by atoms with Gasteiger partial charge in [-0.1, -0.05) is 25.7 Å². The number of nitrogens with zero attached hydrogens (tertiary/aromatic N) is 3. The summed E-state index contributed by atoms with van der Waals surface area (Å²) in [4.78, 5) is 9.78. The summed E-state index contributed by atoms with van der Waals surface area (Å²) >= 11 is 0. The lowest BCUT2D eigenvalue weighted by molar-refractivity contribution is 0.122. The van der Waals surface area contributed by atoms with Gasteiger partial charge < -0.3 is 15.5 Å². The number of rotatable bonds is 8. The van der Waals surface area contributed by atoms with E-state index in [1.807, 2.05) is 0 Å². The molecule has 1 saturated heterocycles. The Morgan fingerprint density at radius 2 is 1.80 bits per heavy atom. The van der Waals surface area contributed by atoms with E-state index in [0.29, 0.717) is 6.04 Å². The van der Waals surface area contributed by atoms with Crippen molar-refractivity contribution in [3.05, 3.63) is 0 Å². The first kappa shape index (κ1) is 23.0. The zero-order chi connectivity index (χ0) is 17.2. The molecule has 2 N–H and O–H groups in total. The molecule has 1 unspecified atom stereocenters. The Labute approximate surface area is 172 Å². The van der Waals surface area contributed by atoms with Gasteiger partial charge in [0.15, 0.2) is 5.96 Å². The van der Waals surface area contributed by atoms with E-state index in [4.69, 9.17) is 4.99 Å². The topological polar surface area (TPSA) is 42.9 Å². The Kier molecular flexibility index (Phi) is 12.1. The SMILES string of the molecule is CCNC(=NCC(C)N1CCN(C)CC1)NCCCC1CCCC1.I. The van der Waals surface area contributed by atoms with Crippen LogP contribution in [0.3, 0.4) is 0 Å². The highest BCUT2D eigenvalue weighted by Crippen LogP contribution is 2.28. The van der Waals surface area contributed by atoms with Crippen LogP contribution in [0.4, 0.5) is 0 Å². The monoisotopic (exact) mass is 465 g/mol. The van der Waals surface area contributed by atoms with Crippen LogP contribution >= 0.6 is 24.0 Å². The first-order chi connectivity index (χ1) is 11.7. The van der Waals surface area contributed by atoms with Gasteiger partial charge in [-0.05, 0) is 39.7 Å². The second-order valence-corrected chi connectivity index (χ2v) is 7.63.